The second kappa shape index (κ2) is 7.70. The molecular formula is C18H23N3OS. The number of likely N-dealkylation sites (tertiary alicyclic amines) is 1. The lowest BCUT2D eigenvalue weighted by atomic mass is 10.1. The van der Waals surface area contributed by atoms with Crippen molar-refractivity contribution in [1.82, 2.24) is 15.2 Å². The van der Waals surface area contributed by atoms with E-state index in [9.17, 15) is 4.79 Å². The normalized spacial score (nSPS) is 18.7. The number of carbonyl (C=O) groups is 1. The van der Waals surface area contributed by atoms with Crippen molar-refractivity contribution < 1.29 is 4.79 Å². The van der Waals surface area contributed by atoms with Crippen molar-refractivity contribution in [1.29, 1.82) is 0 Å². The zero-order chi connectivity index (χ0) is 16.1. The standard InChI is InChI=1S/C18H23N3OS/c1-14-6-7-19-16(10-14)11-18(22)20-15-4-2-8-21(12-15)13-17-5-3-9-23-17/h3,5-7,9-10,15H,2,4,8,11-13H2,1H3,(H,20,22). The minimum absolute atomic E-state index is 0.0751. The molecule has 2 aromatic rings. The van der Waals surface area contributed by atoms with Crippen LogP contribution in [0.2, 0.25) is 0 Å². The molecule has 1 N–H and O–H groups in total. The minimum atomic E-state index is 0.0751. The lowest BCUT2D eigenvalue weighted by Gasteiger charge is -2.32. The molecule has 2 aromatic heterocycles. The smallest absolute Gasteiger partial charge is 0.226 e. The molecule has 5 heteroatoms. The van der Waals surface area contributed by atoms with Gasteiger partial charge < -0.3 is 5.32 Å². The van der Waals surface area contributed by atoms with Crippen LogP contribution in [-0.2, 0) is 17.8 Å². The lowest BCUT2D eigenvalue weighted by molar-refractivity contribution is -0.121. The summed E-state index contributed by atoms with van der Waals surface area (Å²) in [6, 6.07) is 8.45. The van der Waals surface area contributed by atoms with Crippen LogP contribution in [0.5, 0.6) is 0 Å². The number of piperidine rings is 1. The number of aryl methyl sites for hydroxylation is 1. The fourth-order valence-corrected chi connectivity index (χ4v) is 3.82. The van der Waals surface area contributed by atoms with Crippen LogP contribution < -0.4 is 5.32 Å². The Morgan fingerprint density at radius 1 is 1.48 bits per heavy atom. The molecule has 1 aliphatic heterocycles. The molecule has 0 aliphatic carbocycles. The van der Waals surface area contributed by atoms with E-state index in [1.807, 2.05) is 19.1 Å². The largest absolute Gasteiger partial charge is 0.352 e. The summed E-state index contributed by atoms with van der Waals surface area (Å²) in [7, 11) is 0. The first-order chi connectivity index (χ1) is 11.2. The van der Waals surface area contributed by atoms with Gasteiger partial charge in [0, 0.05) is 35.9 Å². The van der Waals surface area contributed by atoms with Crippen molar-refractivity contribution in [2.24, 2.45) is 0 Å². The van der Waals surface area contributed by atoms with Gasteiger partial charge in [-0.15, -0.1) is 11.3 Å². The quantitative estimate of drug-likeness (QED) is 0.917. The van der Waals surface area contributed by atoms with Gasteiger partial charge in [-0.1, -0.05) is 6.07 Å². The summed E-state index contributed by atoms with van der Waals surface area (Å²) in [6.45, 7) is 5.06. The molecule has 3 heterocycles. The molecule has 0 aromatic carbocycles. The highest BCUT2D eigenvalue weighted by molar-refractivity contribution is 7.09. The van der Waals surface area contributed by atoms with Crippen LogP contribution in [0, 0.1) is 6.92 Å². The highest BCUT2D eigenvalue weighted by atomic mass is 32.1. The zero-order valence-electron chi connectivity index (χ0n) is 13.5. The van der Waals surface area contributed by atoms with Gasteiger partial charge >= 0.3 is 0 Å². The van der Waals surface area contributed by atoms with E-state index < -0.39 is 0 Å². The van der Waals surface area contributed by atoms with Crippen LogP contribution >= 0.6 is 11.3 Å². The van der Waals surface area contributed by atoms with E-state index in [0.717, 1.165) is 43.7 Å². The first kappa shape index (κ1) is 16.1. The number of thiophene rings is 1. The lowest BCUT2D eigenvalue weighted by Crippen LogP contribution is -2.47. The van der Waals surface area contributed by atoms with E-state index in [4.69, 9.17) is 0 Å². The highest BCUT2D eigenvalue weighted by Gasteiger charge is 2.21. The van der Waals surface area contributed by atoms with E-state index in [0.29, 0.717) is 6.42 Å². The Balaban J connectivity index is 1.50. The number of pyridine rings is 1. The Morgan fingerprint density at radius 2 is 2.39 bits per heavy atom. The third-order valence-corrected chi connectivity index (χ3v) is 5.01. The molecule has 1 unspecified atom stereocenters. The maximum Gasteiger partial charge on any atom is 0.226 e. The van der Waals surface area contributed by atoms with Gasteiger partial charge in [0.25, 0.3) is 0 Å². The van der Waals surface area contributed by atoms with Gasteiger partial charge in [0.1, 0.15) is 0 Å². The summed E-state index contributed by atoms with van der Waals surface area (Å²) in [5.41, 5.74) is 1.98. The summed E-state index contributed by atoms with van der Waals surface area (Å²) >= 11 is 1.80. The SMILES string of the molecule is Cc1ccnc(CC(=O)NC2CCCN(Cc3cccs3)C2)c1. The highest BCUT2D eigenvalue weighted by Crippen LogP contribution is 2.17. The van der Waals surface area contributed by atoms with Gasteiger partial charge in [-0.3, -0.25) is 14.7 Å². The van der Waals surface area contributed by atoms with Gasteiger partial charge in [0.05, 0.1) is 6.42 Å². The first-order valence-corrected chi connectivity index (χ1v) is 9.02. The molecule has 0 bridgehead atoms. The average Bonchev–Trinajstić information content (AvgIpc) is 3.00. The molecule has 1 amide bonds. The Kier molecular flexibility index (Phi) is 5.41. The van der Waals surface area contributed by atoms with Gasteiger partial charge in [0.2, 0.25) is 5.91 Å². The fourth-order valence-electron chi connectivity index (χ4n) is 3.08. The van der Waals surface area contributed by atoms with Crippen LogP contribution in [0.15, 0.2) is 35.8 Å². The maximum atomic E-state index is 12.2. The summed E-state index contributed by atoms with van der Waals surface area (Å²) in [5, 5.41) is 5.30. The molecule has 1 saturated heterocycles. The maximum absolute atomic E-state index is 12.2. The van der Waals surface area contributed by atoms with Crippen LogP contribution in [0.1, 0.15) is 29.0 Å². The van der Waals surface area contributed by atoms with Crippen LogP contribution in [0.25, 0.3) is 0 Å². The Bertz CT molecular complexity index is 641. The van der Waals surface area contributed by atoms with E-state index >= 15 is 0 Å². The summed E-state index contributed by atoms with van der Waals surface area (Å²) in [5.74, 6) is 0.0751. The van der Waals surface area contributed by atoms with Gasteiger partial charge in [-0.05, 0) is 55.5 Å². The monoisotopic (exact) mass is 329 g/mol. The van der Waals surface area contributed by atoms with Gasteiger partial charge in [-0.25, -0.2) is 0 Å². The number of amides is 1. The first-order valence-electron chi connectivity index (χ1n) is 8.14. The summed E-state index contributed by atoms with van der Waals surface area (Å²) in [6.07, 6.45) is 4.33. The second-order valence-corrected chi connectivity index (χ2v) is 7.25. The van der Waals surface area contributed by atoms with Crippen molar-refractivity contribution in [2.45, 2.75) is 38.8 Å². The average molecular weight is 329 g/mol. The molecular weight excluding hydrogens is 306 g/mol. The van der Waals surface area contributed by atoms with Gasteiger partial charge in [0.15, 0.2) is 0 Å². The molecule has 0 radical (unpaired) electrons. The summed E-state index contributed by atoms with van der Waals surface area (Å²) < 4.78 is 0. The number of nitrogens with zero attached hydrogens (tertiary/aromatic N) is 2. The van der Waals surface area contributed by atoms with E-state index in [-0.39, 0.29) is 11.9 Å². The van der Waals surface area contributed by atoms with Crippen molar-refractivity contribution in [2.75, 3.05) is 13.1 Å². The Labute approximate surface area is 141 Å². The third-order valence-electron chi connectivity index (χ3n) is 4.14. The molecule has 122 valence electrons. The molecule has 4 nitrogen and oxygen atoms in total. The predicted octanol–water partition coefficient (Wildman–Crippen LogP) is 2.77. The van der Waals surface area contributed by atoms with Crippen molar-refractivity contribution >= 4 is 17.2 Å². The van der Waals surface area contributed by atoms with Crippen molar-refractivity contribution in [3.05, 3.63) is 52.0 Å². The van der Waals surface area contributed by atoms with Crippen LogP contribution in [-0.4, -0.2) is 34.9 Å². The van der Waals surface area contributed by atoms with Crippen LogP contribution in [0.4, 0.5) is 0 Å². The number of hydrogen-bond acceptors (Lipinski definition) is 4. The molecule has 3 rings (SSSR count). The molecule has 1 fully saturated rings. The predicted molar refractivity (Wildman–Crippen MR) is 93.4 cm³/mol. The van der Waals surface area contributed by atoms with E-state index in [1.165, 1.54) is 4.88 Å². The molecule has 1 atom stereocenters. The number of nitrogens with one attached hydrogen (secondary N) is 1. The third kappa shape index (κ3) is 4.88. The number of hydrogen-bond donors (Lipinski definition) is 1. The minimum Gasteiger partial charge on any atom is -0.352 e. The fraction of sp³-hybridized carbons (Fsp3) is 0.444. The molecule has 1 aliphatic rings. The number of aromatic nitrogens is 1. The Hall–Kier alpha value is -1.72. The second-order valence-electron chi connectivity index (χ2n) is 6.22. The Morgan fingerprint density at radius 3 is 3.17 bits per heavy atom. The van der Waals surface area contributed by atoms with E-state index in [1.54, 1.807) is 17.5 Å². The topological polar surface area (TPSA) is 45.2 Å². The van der Waals surface area contributed by atoms with Gasteiger partial charge in [-0.2, -0.15) is 0 Å². The van der Waals surface area contributed by atoms with Crippen molar-refractivity contribution in [3.8, 4) is 0 Å². The number of rotatable bonds is 5. The van der Waals surface area contributed by atoms with Crippen LogP contribution in [0.3, 0.4) is 0 Å². The zero-order valence-corrected chi connectivity index (χ0v) is 14.3. The molecule has 23 heavy (non-hydrogen) atoms. The van der Waals surface area contributed by atoms with Crippen molar-refractivity contribution in [3.63, 3.8) is 0 Å². The summed E-state index contributed by atoms with van der Waals surface area (Å²) in [4.78, 5) is 20.3. The molecule has 0 saturated carbocycles. The molecule has 0 spiro atoms. The van der Waals surface area contributed by atoms with E-state index in [2.05, 4.69) is 32.7 Å². The number of carbonyl (C=O) groups excluding carboxylic acids is 1.